The van der Waals surface area contributed by atoms with Gasteiger partial charge in [-0.2, -0.15) is 0 Å². The standard InChI is InChI=1S/C18H21BrN2O5/c1-3-4-5-6-24-17(22)15-10(2)20-18(23)21-16(15)11-7-13-14(8-12(11)19)26-9-25-13/h7-8,16H,3-6,9H2,1-2H3,(H2,20,21,23)/t16-/m0/s1. The summed E-state index contributed by atoms with van der Waals surface area (Å²) < 4.78 is 16.9. The number of hydrogen-bond acceptors (Lipinski definition) is 5. The van der Waals surface area contributed by atoms with E-state index in [9.17, 15) is 9.59 Å². The highest BCUT2D eigenvalue weighted by Gasteiger charge is 2.34. The number of urea groups is 1. The Bertz CT molecular complexity index is 762. The van der Waals surface area contributed by atoms with E-state index in [4.69, 9.17) is 14.2 Å². The van der Waals surface area contributed by atoms with Crippen molar-refractivity contribution in [2.24, 2.45) is 0 Å². The molecular weight excluding hydrogens is 404 g/mol. The first-order valence-electron chi connectivity index (χ1n) is 8.55. The number of benzene rings is 1. The van der Waals surface area contributed by atoms with E-state index in [-0.39, 0.29) is 12.8 Å². The van der Waals surface area contributed by atoms with Gasteiger partial charge in [0.1, 0.15) is 0 Å². The molecule has 2 aliphatic heterocycles. The monoisotopic (exact) mass is 424 g/mol. The van der Waals surface area contributed by atoms with E-state index in [1.165, 1.54) is 0 Å². The molecule has 0 spiro atoms. The Balaban J connectivity index is 1.90. The quantitative estimate of drug-likeness (QED) is 0.538. The fourth-order valence-corrected chi connectivity index (χ4v) is 3.50. The number of allylic oxidation sites excluding steroid dienone is 1. The molecule has 1 aromatic rings. The average molecular weight is 425 g/mol. The van der Waals surface area contributed by atoms with Gasteiger partial charge >= 0.3 is 12.0 Å². The van der Waals surface area contributed by atoms with Crippen LogP contribution in [0.4, 0.5) is 4.79 Å². The third-order valence-electron chi connectivity index (χ3n) is 4.27. The minimum atomic E-state index is -0.647. The number of unbranched alkanes of at least 4 members (excludes halogenated alkanes) is 2. The number of hydrogen-bond donors (Lipinski definition) is 2. The number of carbonyl (C=O) groups excluding carboxylic acids is 2. The van der Waals surface area contributed by atoms with E-state index < -0.39 is 12.0 Å². The van der Waals surface area contributed by atoms with Crippen molar-refractivity contribution in [3.05, 3.63) is 33.4 Å². The number of nitrogens with one attached hydrogen (secondary N) is 2. The van der Waals surface area contributed by atoms with Crippen LogP contribution in [-0.2, 0) is 9.53 Å². The van der Waals surface area contributed by atoms with Crippen LogP contribution in [-0.4, -0.2) is 25.4 Å². The first-order chi connectivity index (χ1) is 12.5. The third kappa shape index (κ3) is 3.80. The van der Waals surface area contributed by atoms with E-state index in [0.29, 0.717) is 39.4 Å². The molecule has 0 radical (unpaired) electrons. The summed E-state index contributed by atoms with van der Waals surface area (Å²) >= 11 is 3.49. The predicted octanol–water partition coefficient (Wildman–Crippen LogP) is 3.54. The molecule has 0 saturated heterocycles. The lowest BCUT2D eigenvalue weighted by Crippen LogP contribution is -2.45. The van der Waals surface area contributed by atoms with Crippen LogP contribution >= 0.6 is 15.9 Å². The molecule has 0 saturated carbocycles. The zero-order valence-electron chi connectivity index (χ0n) is 14.7. The molecule has 2 heterocycles. The third-order valence-corrected chi connectivity index (χ3v) is 4.96. The van der Waals surface area contributed by atoms with Gasteiger partial charge < -0.3 is 24.8 Å². The van der Waals surface area contributed by atoms with E-state index >= 15 is 0 Å². The number of esters is 1. The molecule has 140 valence electrons. The van der Waals surface area contributed by atoms with Crippen LogP contribution in [0.25, 0.3) is 0 Å². The number of amides is 2. The molecule has 1 atom stereocenters. The zero-order valence-corrected chi connectivity index (χ0v) is 16.3. The lowest BCUT2D eigenvalue weighted by molar-refractivity contribution is -0.139. The van der Waals surface area contributed by atoms with Crippen LogP contribution in [0.3, 0.4) is 0 Å². The minimum absolute atomic E-state index is 0.144. The van der Waals surface area contributed by atoms with Crippen molar-refractivity contribution >= 4 is 27.9 Å². The molecule has 2 aliphatic rings. The summed E-state index contributed by atoms with van der Waals surface area (Å²) in [5.74, 6) is 0.746. The Labute approximate surface area is 160 Å². The van der Waals surface area contributed by atoms with Crippen LogP contribution in [0.2, 0.25) is 0 Å². The molecule has 26 heavy (non-hydrogen) atoms. The van der Waals surface area contributed by atoms with Crippen LogP contribution in [0.15, 0.2) is 27.9 Å². The zero-order chi connectivity index (χ0) is 18.7. The van der Waals surface area contributed by atoms with Gasteiger partial charge in [-0.05, 0) is 31.0 Å². The maximum atomic E-state index is 12.7. The summed E-state index contributed by atoms with van der Waals surface area (Å²) in [6, 6.07) is 2.51. The van der Waals surface area contributed by atoms with E-state index in [1.54, 1.807) is 19.1 Å². The SMILES string of the molecule is CCCCCOC(=O)C1=C(C)NC(=O)N[C@H]1c1cc2c(cc1Br)OCO2. The molecule has 2 amide bonds. The van der Waals surface area contributed by atoms with Crippen LogP contribution in [0.5, 0.6) is 11.5 Å². The molecule has 3 rings (SSSR count). The van der Waals surface area contributed by atoms with Crippen molar-refractivity contribution in [3.8, 4) is 11.5 Å². The van der Waals surface area contributed by atoms with Gasteiger partial charge in [0.15, 0.2) is 11.5 Å². The maximum Gasteiger partial charge on any atom is 0.338 e. The van der Waals surface area contributed by atoms with Gasteiger partial charge in [-0.25, -0.2) is 9.59 Å². The molecule has 0 aliphatic carbocycles. The molecule has 1 aromatic carbocycles. The largest absolute Gasteiger partial charge is 0.462 e. The Morgan fingerprint density at radius 1 is 1.31 bits per heavy atom. The minimum Gasteiger partial charge on any atom is -0.462 e. The van der Waals surface area contributed by atoms with Gasteiger partial charge in [-0.15, -0.1) is 0 Å². The van der Waals surface area contributed by atoms with Crippen molar-refractivity contribution in [1.82, 2.24) is 10.6 Å². The van der Waals surface area contributed by atoms with Crippen molar-refractivity contribution in [3.63, 3.8) is 0 Å². The summed E-state index contributed by atoms with van der Waals surface area (Å²) in [5.41, 5.74) is 1.55. The van der Waals surface area contributed by atoms with Gasteiger partial charge in [0.05, 0.1) is 18.2 Å². The normalized spacial score (nSPS) is 18.4. The van der Waals surface area contributed by atoms with Crippen molar-refractivity contribution in [1.29, 1.82) is 0 Å². The highest BCUT2D eigenvalue weighted by Crippen LogP contribution is 2.41. The highest BCUT2D eigenvalue weighted by atomic mass is 79.9. The lowest BCUT2D eigenvalue weighted by Gasteiger charge is -2.29. The highest BCUT2D eigenvalue weighted by molar-refractivity contribution is 9.10. The van der Waals surface area contributed by atoms with E-state index in [0.717, 1.165) is 19.3 Å². The van der Waals surface area contributed by atoms with Gasteiger partial charge in [0.2, 0.25) is 6.79 Å². The molecule has 0 fully saturated rings. The lowest BCUT2D eigenvalue weighted by atomic mass is 9.95. The summed E-state index contributed by atoms with van der Waals surface area (Å²) in [5, 5.41) is 5.43. The summed E-state index contributed by atoms with van der Waals surface area (Å²) in [4.78, 5) is 24.7. The topological polar surface area (TPSA) is 85.9 Å². The summed E-state index contributed by atoms with van der Waals surface area (Å²) in [6.07, 6.45) is 2.85. The van der Waals surface area contributed by atoms with Crippen LogP contribution in [0.1, 0.15) is 44.7 Å². The second-order valence-corrected chi connectivity index (χ2v) is 6.99. The second kappa shape index (κ2) is 7.99. The van der Waals surface area contributed by atoms with E-state index in [2.05, 4.69) is 33.5 Å². The smallest absolute Gasteiger partial charge is 0.338 e. The van der Waals surface area contributed by atoms with Gasteiger partial charge in [-0.3, -0.25) is 0 Å². The molecule has 0 bridgehead atoms. The molecule has 2 N–H and O–H groups in total. The average Bonchev–Trinajstić information content (AvgIpc) is 3.04. The number of ether oxygens (including phenoxy) is 3. The molecular formula is C18H21BrN2O5. The second-order valence-electron chi connectivity index (χ2n) is 6.14. The van der Waals surface area contributed by atoms with Crippen molar-refractivity contribution in [2.75, 3.05) is 13.4 Å². The summed E-state index contributed by atoms with van der Waals surface area (Å²) in [7, 11) is 0. The summed E-state index contributed by atoms with van der Waals surface area (Å²) in [6.45, 7) is 4.27. The Kier molecular flexibility index (Phi) is 5.70. The van der Waals surface area contributed by atoms with Crippen molar-refractivity contribution < 1.29 is 23.8 Å². The molecule has 0 unspecified atom stereocenters. The number of fused-ring (bicyclic) bond motifs is 1. The Morgan fingerprint density at radius 3 is 2.77 bits per heavy atom. The fourth-order valence-electron chi connectivity index (χ4n) is 2.95. The fraction of sp³-hybridized carbons (Fsp3) is 0.444. The van der Waals surface area contributed by atoms with Gasteiger partial charge in [-0.1, -0.05) is 35.7 Å². The van der Waals surface area contributed by atoms with Crippen LogP contribution < -0.4 is 20.1 Å². The Hall–Kier alpha value is -2.22. The molecule has 8 heteroatoms. The first-order valence-corrected chi connectivity index (χ1v) is 9.35. The van der Waals surface area contributed by atoms with E-state index in [1.807, 2.05) is 0 Å². The van der Waals surface area contributed by atoms with Gasteiger partial charge in [0.25, 0.3) is 0 Å². The maximum absolute atomic E-state index is 12.7. The van der Waals surface area contributed by atoms with Crippen LogP contribution in [0, 0.1) is 0 Å². The first kappa shape index (κ1) is 18.6. The predicted molar refractivity (Wildman–Crippen MR) is 97.9 cm³/mol. The van der Waals surface area contributed by atoms with Crippen molar-refractivity contribution in [2.45, 2.75) is 39.2 Å². The number of halogens is 1. The number of rotatable bonds is 6. The molecule has 7 nitrogen and oxygen atoms in total. The van der Waals surface area contributed by atoms with Gasteiger partial charge in [0, 0.05) is 10.2 Å². The number of carbonyl (C=O) groups is 2. The Morgan fingerprint density at radius 2 is 2.04 bits per heavy atom. The molecule has 0 aromatic heterocycles.